The van der Waals surface area contributed by atoms with Crippen LogP contribution in [0.2, 0.25) is 0 Å². The zero-order valence-electron chi connectivity index (χ0n) is 15.8. The summed E-state index contributed by atoms with van der Waals surface area (Å²) in [5, 5.41) is 19.4. The summed E-state index contributed by atoms with van der Waals surface area (Å²) in [5.41, 5.74) is 3.55. The van der Waals surface area contributed by atoms with Crippen LogP contribution in [0.4, 0.5) is 0 Å². The maximum absolute atomic E-state index is 10.4. The second-order valence-corrected chi connectivity index (χ2v) is 8.40. The van der Waals surface area contributed by atoms with Crippen molar-refractivity contribution < 1.29 is 14.9 Å². The van der Waals surface area contributed by atoms with E-state index in [0.717, 1.165) is 16.9 Å². The highest BCUT2D eigenvalue weighted by atomic mass is 32.2. The number of aliphatic hydroxyl groups is 2. The maximum Gasteiger partial charge on any atom is 0.126 e. The lowest BCUT2D eigenvalue weighted by Crippen LogP contribution is -2.16. The predicted molar refractivity (Wildman–Crippen MR) is 113 cm³/mol. The van der Waals surface area contributed by atoms with Crippen molar-refractivity contribution in [1.29, 1.82) is 0 Å². The summed E-state index contributed by atoms with van der Waals surface area (Å²) in [7, 11) is 0. The van der Waals surface area contributed by atoms with E-state index in [2.05, 4.69) is 30.3 Å². The van der Waals surface area contributed by atoms with Gasteiger partial charge >= 0.3 is 0 Å². The fourth-order valence-corrected chi connectivity index (χ4v) is 4.51. The molecule has 0 radical (unpaired) electrons. The third-order valence-corrected chi connectivity index (χ3v) is 6.24. The Bertz CT molecular complexity index is 683. The summed E-state index contributed by atoms with van der Waals surface area (Å²) < 4.78 is 6.34. The van der Waals surface area contributed by atoms with Crippen molar-refractivity contribution in [3.63, 3.8) is 0 Å². The number of para-hydroxylation sites is 1. The summed E-state index contributed by atoms with van der Waals surface area (Å²) in [6.07, 6.45) is 5.17. The Hall–Kier alpha value is -1.49. The molecule has 2 N–H and O–H groups in total. The van der Waals surface area contributed by atoms with Gasteiger partial charge in [-0.15, -0.1) is 0 Å². The zero-order chi connectivity index (χ0) is 18.9. The highest BCUT2D eigenvalue weighted by Gasteiger charge is 2.23. The normalized spacial score (nSPS) is 15.8. The van der Waals surface area contributed by atoms with Crippen LogP contribution in [0.5, 0.6) is 5.75 Å². The standard InChI is InChI=1S/C23H30O3S/c24-13-14-27-17-21(25)15-20-11-6-12-22(19-9-4-5-10-19)23(20)26-16-18-7-2-1-3-8-18/h1-3,6-8,11-12,19,21,24-25H,4-5,9-10,13-17H2. The van der Waals surface area contributed by atoms with Crippen LogP contribution in [0.15, 0.2) is 48.5 Å². The van der Waals surface area contributed by atoms with Gasteiger partial charge in [-0.3, -0.25) is 0 Å². The summed E-state index contributed by atoms with van der Waals surface area (Å²) in [5.74, 6) is 2.83. The third kappa shape index (κ3) is 6.00. The van der Waals surface area contributed by atoms with E-state index in [4.69, 9.17) is 9.84 Å². The Morgan fingerprint density at radius 2 is 1.81 bits per heavy atom. The minimum Gasteiger partial charge on any atom is -0.488 e. The van der Waals surface area contributed by atoms with Crippen molar-refractivity contribution >= 4 is 11.8 Å². The molecule has 0 bridgehead atoms. The minimum atomic E-state index is -0.431. The molecule has 4 heteroatoms. The Balaban J connectivity index is 1.77. The molecule has 3 nitrogen and oxygen atoms in total. The number of aliphatic hydroxyl groups excluding tert-OH is 2. The van der Waals surface area contributed by atoms with Crippen molar-refractivity contribution in [2.24, 2.45) is 0 Å². The third-order valence-electron chi connectivity index (χ3n) is 5.15. The van der Waals surface area contributed by atoms with Gasteiger partial charge in [0.05, 0.1) is 12.7 Å². The largest absolute Gasteiger partial charge is 0.488 e. The molecule has 1 saturated carbocycles. The SMILES string of the molecule is OCCSCC(O)Cc1cccc(C2CCCC2)c1OCc1ccccc1. The number of benzene rings is 2. The molecule has 0 spiro atoms. The van der Waals surface area contributed by atoms with Gasteiger partial charge in [0, 0.05) is 17.9 Å². The van der Waals surface area contributed by atoms with Gasteiger partial charge < -0.3 is 14.9 Å². The van der Waals surface area contributed by atoms with Crippen LogP contribution < -0.4 is 4.74 Å². The van der Waals surface area contributed by atoms with Crippen molar-refractivity contribution in [2.45, 2.75) is 50.7 Å². The van der Waals surface area contributed by atoms with Gasteiger partial charge in [0.1, 0.15) is 12.4 Å². The van der Waals surface area contributed by atoms with Gasteiger partial charge in [0.2, 0.25) is 0 Å². The topological polar surface area (TPSA) is 49.7 Å². The number of ether oxygens (including phenoxy) is 1. The average molecular weight is 387 g/mol. The van der Waals surface area contributed by atoms with Crippen LogP contribution in [0, 0.1) is 0 Å². The van der Waals surface area contributed by atoms with E-state index in [0.29, 0.717) is 30.5 Å². The number of hydrogen-bond acceptors (Lipinski definition) is 4. The Kier molecular flexibility index (Phi) is 8.06. The van der Waals surface area contributed by atoms with Crippen LogP contribution in [0.25, 0.3) is 0 Å². The van der Waals surface area contributed by atoms with Crippen molar-refractivity contribution in [1.82, 2.24) is 0 Å². The average Bonchev–Trinajstić information content (AvgIpc) is 3.22. The molecule has 1 unspecified atom stereocenters. The predicted octanol–water partition coefficient (Wildman–Crippen LogP) is 4.55. The van der Waals surface area contributed by atoms with Gasteiger partial charge in [0.15, 0.2) is 0 Å². The minimum absolute atomic E-state index is 0.153. The molecule has 0 aromatic heterocycles. The quantitative estimate of drug-likeness (QED) is 0.588. The molecule has 1 aliphatic rings. The summed E-state index contributed by atoms with van der Waals surface area (Å²) in [6, 6.07) is 16.6. The second-order valence-electron chi connectivity index (χ2n) is 7.25. The Labute approximate surface area is 166 Å². The van der Waals surface area contributed by atoms with Crippen LogP contribution in [-0.4, -0.2) is 34.4 Å². The first-order valence-corrected chi connectivity index (χ1v) is 11.1. The molecule has 0 heterocycles. The Morgan fingerprint density at radius 1 is 1.04 bits per heavy atom. The van der Waals surface area contributed by atoms with E-state index < -0.39 is 6.10 Å². The summed E-state index contributed by atoms with van der Waals surface area (Å²) >= 11 is 1.59. The smallest absolute Gasteiger partial charge is 0.126 e. The molecule has 1 atom stereocenters. The molecule has 3 rings (SSSR count). The first-order chi connectivity index (χ1) is 13.3. The van der Waals surface area contributed by atoms with Crippen LogP contribution >= 0.6 is 11.8 Å². The van der Waals surface area contributed by atoms with Crippen LogP contribution in [0.1, 0.15) is 48.3 Å². The van der Waals surface area contributed by atoms with Gasteiger partial charge in [0.25, 0.3) is 0 Å². The van der Waals surface area contributed by atoms with Gasteiger partial charge in [-0.2, -0.15) is 11.8 Å². The molecule has 0 aliphatic heterocycles. The highest BCUT2D eigenvalue weighted by molar-refractivity contribution is 7.99. The molecule has 2 aromatic rings. The highest BCUT2D eigenvalue weighted by Crippen LogP contribution is 2.40. The zero-order valence-corrected chi connectivity index (χ0v) is 16.7. The molecular formula is C23H30O3S. The van der Waals surface area contributed by atoms with Crippen molar-refractivity contribution in [2.75, 3.05) is 18.1 Å². The van der Waals surface area contributed by atoms with E-state index in [-0.39, 0.29) is 6.61 Å². The van der Waals surface area contributed by atoms with E-state index in [1.807, 2.05) is 18.2 Å². The van der Waals surface area contributed by atoms with Crippen molar-refractivity contribution in [3.8, 4) is 5.75 Å². The number of thioether (sulfide) groups is 1. The molecule has 146 valence electrons. The second kappa shape index (κ2) is 10.7. The van der Waals surface area contributed by atoms with Gasteiger partial charge in [-0.1, -0.05) is 61.4 Å². The molecule has 2 aromatic carbocycles. The lowest BCUT2D eigenvalue weighted by molar-refractivity contribution is 0.197. The molecular weight excluding hydrogens is 356 g/mol. The molecule has 1 aliphatic carbocycles. The lowest BCUT2D eigenvalue weighted by Gasteiger charge is -2.21. The molecule has 0 saturated heterocycles. The first-order valence-electron chi connectivity index (χ1n) is 9.93. The van der Waals surface area contributed by atoms with Crippen molar-refractivity contribution in [3.05, 3.63) is 65.2 Å². The fourth-order valence-electron chi connectivity index (χ4n) is 3.83. The van der Waals surface area contributed by atoms with Gasteiger partial charge in [-0.25, -0.2) is 0 Å². The maximum atomic E-state index is 10.4. The van der Waals surface area contributed by atoms with E-state index in [1.165, 1.54) is 31.2 Å². The van der Waals surface area contributed by atoms with E-state index in [1.54, 1.807) is 11.8 Å². The Morgan fingerprint density at radius 3 is 2.56 bits per heavy atom. The van der Waals surface area contributed by atoms with E-state index >= 15 is 0 Å². The van der Waals surface area contributed by atoms with Gasteiger partial charge in [-0.05, 0) is 35.4 Å². The summed E-state index contributed by atoms with van der Waals surface area (Å²) in [4.78, 5) is 0. The van der Waals surface area contributed by atoms with Crippen LogP contribution in [0.3, 0.4) is 0 Å². The molecule has 1 fully saturated rings. The fraction of sp³-hybridized carbons (Fsp3) is 0.478. The van der Waals surface area contributed by atoms with E-state index in [9.17, 15) is 5.11 Å². The first kappa shape index (κ1) is 20.2. The molecule has 27 heavy (non-hydrogen) atoms. The number of rotatable bonds is 10. The van der Waals surface area contributed by atoms with Crippen LogP contribution in [-0.2, 0) is 13.0 Å². The molecule has 0 amide bonds. The number of hydrogen-bond donors (Lipinski definition) is 2. The summed E-state index contributed by atoms with van der Waals surface area (Å²) in [6.45, 7) is 0.701. The lowest BCUT2D eigenvalue weighted by atomic mass is 9.93. The monoisotopic (exact) mass is 386 g/mol.